The van der Waals surface area contributed by atoms with Gasteiger partial charge in [0.25, 0.3) is 5.91 Å². The Bertz CT molecular complexity index is 799. The summed E-state index contributed by atoms with van der Waals surface area (Å²) in [6.07, 6.45) is 1.11. The summed E-state index contributed by atoms with van der Waals surface area (Å²) in [6.45, 7) is 1.74. The molecule has 0 bridgehead atoms. The number of carbonyl (C=O) groups is 1. The number of aromatic nitrogens is 3. The molecule has 0 aliphatic carbocycles. The maximum absolute atomic E-state index is 12.2. The number of sulfonamides is 1. The van der Waals surface area contributed by atoms with E-state index in [-0.39, 0.29) is 11.9 Å². The lowest BCUT2D eigenvalue weighted by Crippen LogP contribution is -2.28. The number of hydrogen-bond acceptors (Lipinski definition) is 6. The van der Waals surface area contributed by atoms with Gasteiger partial charge in [-0.3, -0.25) is 14.2 Å². The van der Waals surface area contributed by atoms with Crippen molar-refractivity contribution < 1.29 is 13.2 Å². The molecule has 2 rings (SSSR count). The molecule has 1 amide bonds. The van der Waals surface area contributed by atoms with Crippen LogP contribution in [0.3, 0.4) is 0 Å². The Morgan fingerprint density at radius 2 is 1.96 bits per heavy atom. The lowest BCUT2D eigenvalue weighted by Gasteiger charge is -2.17. The summed E-state index contributed by atoms with van der Waals surface area (Å²) in [6, 6.07) is 5.83. The Morgan fingerprint density at radius 1 is 1.35 bits per heavy atom. The molecule has 10 heteroatoms. The summed E-state index contributed by atoms with van der Waals surface area (Å²) >= 11 is 0. The van der Waals surface area contributed by atoms with Gasteiger partial charge in [0.15, 0.2) is 0 Å². The number of nitrogens with one attached hydrogen (secondary N) is 2. The number of benzene rings is 1. The third kappa shape index (κ3) is 3.97. The Morgan fingerprint density at radius 3 is 2.43 bits per heavy atom. The maximum Gasteiger partial charge on any atom is 0.251 e. The minimum absolute atomic E-state index is 0.106. The Hall–Kier alpha value is -2.62. The summed E-state index contributed by atoms with van der Waals surface area (Å²) in [7, 11) is -1.89. The zero-order valence-electron chi connectivity index (χ0n) is 12.9. The summed E-state index contributed by atoms with van der Waals surface area (Å²) in [5.74, 6) is 0.236. The largest absolute Gasteiger partial charge is 0.367 e. The number of carbonyl (C=O) groups excluding carboxylic acids is 1. The summed E-state index contributed by atoms with van der Waals surface area (Å²) in [5.41, 5.74) is 6.29. The van der Waals surface area contributed by atoms with Crippen LogP contribution >= 0.6 is 0 Å². The van der Waals surface area contributed by atoms with E-state index in [1.165, 1.54) is 7.05 Å². The first-order valence-corrected chi connectivity index (χ1v) is 8.56. The molecule has 9 nitrogen and oxygen atoms in total. The van der Waals surface area contributed by atoms with Gasteiger partial charge in [-0.1, -0.05) is 0 Å². The van der Waals surface area contributed by atoms with E-state index in [0.717, 1.165) is 10.6 Å². The predicted octanol–water partition coefficient (Wildman–Crippen LogP) is 0.274. The molecule has 0 spiro atoms. The molecule has 1 atom stereocenters. The van der Waals surface area contributed by atoms with Gasteiger partial charge in [-0.2, -0.15) is 4.98 Å². The van der Waals surface area contributed by atoms with E-state index in [4.69, 9.17) is 5.73 Å². The van der Waals surface area contributed by atoms with Gasteiger partial charge >= 0.3 is 0 Å². The zero-order valence-corrected chi connectivity index (χ0v) is 13.8. The van der Waals surface area contributed by atoms with Gasteiger partial charge in [0.05, 0.1) is 18.0 Å². The number of nitrogens with zero attached hydrogens (tertiary/aromatic N) is 3. The number of rotatable bonds is 5. The first-order chi connectivity index (χ1) is 10.7. The van der Waals surface area contributed by atoms with Crippen LogP contribution in [0.4, 0.5) is 11.6 Å². The molecule has 0 saturated heterocycles. The molecule has 4 N–H and O–H groups in total. The van der Waals surface area contributed by atoms with Crippen molar-refractivity contribution >= 4 is 27.6 Å². The second-order valence-electron chi connectivity index (χ2n) is 5.05. The number of nitrogens with two attached hydrogens (primary N) is 1. The molecule has 2 aromatic rings. The van der Waals surface area contributed by atoms with Crippen molar-refractivity contribution in [2.45, 2.75) is 13.0 Å². The molecule has 1 unspecified atom stereocenters. The molecule has 0 aliphatic heterocycles. The molecule has 0 radical (unpaired) electrons. The molecule has 1 aromatic carbocycles. The number of hydrogen-bond donors (Lipinski definition) is 3. The van der Waals surface area contributed by atoms with Gasteiger partial charge in [-0.15, -0.1) is 5.10 Å². The predicted molar refractivity (Wildman–Crippen MR) is 86.4 cm³/mol. The van der Waals surface area contributed by atoms with Crippen molar-refractivity contribution in [3.63, 3.8) is 0 Å². The van der Waals surface area contributed by atoms with E-state index in [9.17, 15) is 13.2 Å². The van der Waals surface area contributed by atoms with Crippen molar-refractivity contribution in [1.82, 2.24) is 20.5 Å². The Kier molecular flexibility index (Phi) is 4.55. The van der Waals surface area contributed by atoms with Gasteiger partial charge < -0.3 is 11.1 Å². The van der Waals surface area contributed by atoms with Crippen LogP contribution in [0, 0.1) is 0 Å². The quantitative estimate of drug-likeness (QED) is 0.716. The van der Waals surface area contributed by atoms with Crippen LogP contribution in [0.1, 0.15) is 29.1 Å². The van der Waals surface area contributed by atoms with Gasteiger partial charge in [0, 0.05) is 12.6 Å². The SMILES string of the molecule is CC(NC(=O)c1ccc(N(C)S(C)(=O)=O)cc1)c1nc(N)n[nH]1. The summed E-state index contributed by atoms with van der Waals surface area (Å²) in [4.78, 5) is 16.1. The zero-order chi connectivity index (χ0) is 17.2. The standard InChI is InChI=1S/C13H18N6O3S/c1-8(11-16-13(14)18-17-11)15-12(20)9-4-6-10(7-5-9)19(2)23(3,21)22/h4-8H,1-3H3,(H,15,20)(H3,14,16,17,18). The highest BCUT2D eigenvalue weighted by atomic mass is 32.2. The number of anilines is 2. The van der Waals surface area contributed by atoms with Crippen LogP contribution in [0.25, 0.3) is 0 Å². The molecule has 0 saturated carbocycles. The highest BCUT2D eigenvalue weighted by Gasteiger charge is 2.16. The van der Waals surface area contributed by atoms with Crippen molar-refractivity contribution in [2.75, 3.05) is 23.3 Å². The van der Waals surface area contributed by atoms with Gasteiger partial charge in [0.2, 0.25) is 16.0 Å². The lowest BCUT2D eigenvalue weighted by atomic mass is 10.2. The Labute approximate surface area is 134 Å². The minimum atomic E-state index is -3.34. The van der Waals surface area contributed by atoms with E-state index in [1.54, 1.807) is 31.2 Å². The fourth-order valence-corrected chi connectivity index (χ4v) is 2.35. The molecule has 124 valence electrons. The summed E-state index contributed by atoms with van der Waals surface area (Å²) < 4.78 is 24.1. The van der Waals surface area contributed by atoms with Crippen molar-refractivity contribution in [2.24, 2.45) is 0 Å². The average molecular weight is 338 g/mol. The highest BCUT2D eigenvalue weighted by molar-refractivity contribution is 7.92. The molecule has 23 heavy (non-hydrogen) atoms. The first kappa shape index (κ1) is 16.7. The normalized spacial score (nSPS) is 12.7. The van der Waals surface area contributed by atoms with Crippen molar-refractivity contribution in [1.29, 1.82) is 0 Å². The fourth-order valence-electron chi connectivity index (χ4n) is 1.84. The average Bonchev–Trinajstić information content (AvgIpc) is 2.92. The molecule has 0 fully saturated rings. The second-order valence-corrected chi connectivity index (χ2v) is 7.07. The maximum atomic E-state index is 12.2. The molecular weight excluding hydrogens is 320 g/mol. The molecule has 1 aromatic heterocycles. The second kappa shape index (κ2) is 6.24. The number of amides is 1. The van der Waals surface area contributed by atoms with E-state index < -0.39 is 16.1 Å². The minimum Gasteiger partial charge on any atom is -0.367 e. The van der Waals surface area contributed by atoms with E-state index in [0.29, 0.717) is 17.1 Å². The lowest BCUT2D eigenvalue weighted by molar-refractivity contribution is 0.0938. The molecular formula is C13H18N6O3S. The van der Waals surface area contributed by atoms with Crippen LogP contribution in [-0.2, 0) is 10.0 Å². The third-order valence-electron chi connectivity index (χ3n) is 3.27. The third-order valence-corrected chi connectivity index (χ3v) is 4.47. The summed E-state index contributed by atoms with van der Waals surface area (Å²) in [5, 5.41) is 9.07. The van der Waals surface area contributed by atoms with Crippen LogP contribution in [0.5, 0.6) is 0 Å². The van der Waals surface area contributed by atoms with E-state index in [1.807, 2.05) is 0 Å². The van der Waals surface area contributed by atoms with Gasteiger partial charge in [-0.05, 0) is 31.2 Å². The van der Waals surface area contributed by atoms with Gasteiger partial charge in [0.1, 0.15) is 5.82 Å². The fraction of sp³-hybridized carbons (Fsp3) is 0.308. The number of nitrogen functional groups attached to an aromatic ring is 1. The van der Waals surface area contributed by atoms with Gasteiger partial charge in [-0.25, -0.2) is 8.42 Å². The molecule has 0 aliphatic rings. The monoisotopic (exact) mass is 338 g/mol. The van der Waals surface area contributed by atoms with Crippen molar-refractivity contribution in [3.8, 4) is 0 Å². The first-order valence-electron chi connectivity index (χ1n) is 6.71. The Balaban J connectivity index is 2.08. The smallest absolute Gasteiger partial charge is 0.251 e. The van der Waals surface area contributed by atoms with Crippen LogP contribution in [-0.4, -0.2) is 42.8 Å². The number of H-pyrrole nitrogens is 1. The highest BCUT2D eigenvalue weighted by Crippen LogP contribution is 2.17. The van der Waals surface area contributed by atoms with Crippen LogP contribution < -0.4 is 15.4 Å². The van der Waals surface area contributed by atoms with E-state index >= 15 is 0 Å². The molecule has 1 heterocycles. The number of aromatic amines is 1. The van der Waals surface area contributed by atoms with Crippen LogP contribution in [0.15, 0.2) is 24.3 Å². The van der Waals surface area contributed by atoms with Crippen molar-refractivity contribution in [3.05, 3.63) is 35.7 Å². The van der Waals surface area contributed by atoms with E-state index in [2.05, 4.69) is 20.5 Å². The topological polar surface area (TPSA) is 134 Å². The van der Waals surface area contributed by atoms with Crippen LogP contribution in [0.2, 0.25) is 0 Å².